The lowest BCUT2D eigenvalue weighted by atomic mass is 10.1. The predicted octanol–water partition coefficient (Wildman–Crippen LogP) is 1.62. The van der Waals surface area contributed by atoms with E-state index in [1.54, 1.807) is 0 Å². The van der Waals surface area contributed by atoms with E-state index < -0.39 is 17.6 Å². The highest BCUT2D eigenvalue weighted by Crippen LogP contribution is 2.53. The second-order valence-corrected chi connectivity index (χ2v) is 5.50. The number of morpholine rings is 1. The molecule has 2 unspecified atom stereocenters. The first-order valence-electron chi connectivity index (χ1n) is 6.56. The third-order valence-electron chi connectivity index (χ3n) is 4.04. The van der Waals surface area contributed by atoms with E-state index in [9.17, 15) is 8.78 Å². The highest BCUT2D eigenvalue weighted by Gasteiger charge is 2.73. The maximum absolute atomic E-state index is 13.3. The van der Waals surface area contributed by atoms with Gasteiger partial charge in [-0.15, -0.1) is 0 Å². The van der Waals surface area contributed by atoms with Gasteiger partial charge in [-0.3, -0.25) is 4.90 Å². The van der Waals surface area contributed by atoms with Gasteiger partial charge in [0.1, 0.15) is 5.54 Å². The number of ether oxygens (including phenoxy) is 1. The molecule has 2 aliphatic rings. The Bertz CT molecular complexity index is 454. The Hall–Kier alpha value is -1.04. The summed E-state index contributed by atoms with van der Waals surface area (Å²) in [6.45, 7) is 2.45. The molecule has 2 fully saturated rings. The normalized spacial score (nSPS) is 34.2. The van der Waals surface area contributed by atoms with Crippen LogP contribution in [0.3, 0.4) is 0 Å². The molecule has 1 aromatic rings. The number of nitrogens with two attached hydrogens (primary N) is 1. The number of rotatable bonds is 3. The van der Waals surface area contributed by atoms with Crippen LogP contribution in [-0.4, -0.2) is 42.2 Å². The average molecular weight is 268 g/mol. The smallest absolute Gasteiger partial charge is 0.270 e. The van der Waals surface area contributed by atoms with E-state index in [1.165, 1.54) is 5.56 Å². The quantitative estimate of drug-likeness (QED) is 0.905. The molecule has 1 aromatic carbocycles. The Balaban J connectivity index is 1.63. The van der Waals surface area contributed by atoms with E-state index in [0.717, 1.165) is 13.1 Å². The van der Waals surface area contributed by atoms with Gasteiger partial charge in [-0.05, 0) is 5.56 Å². The molecule has 1 saturated carbocycles. The summed E-state index contributed by atoms with van der Waals surface area (Å²) in [5.41, 5.74) is 5.47. The van der Waals surface area contributed by atoms with Crippen LogP contribution in [0.5, 0.6) is 0 Å². The van der Waals surface area contributed by atoms with Crippen LogP contribution in [0.25, 0.3) is 0 Å². The fraction of sp³-hybridized carbons (Fsp3) is 0.571. The van der Waals surface area contributed by atoms with Crippen molar-refractivity contribution in [2.45, 2.75) is 30.5 Å². The van der Waals surface area contributed by atoms with Crippen molar-refractivity contribution in [3.8, 4) is 0 Å². The van der Waals surface area contributed by atoms with Crippen LogP contribution in [0.4, 0.5) is 8.78 Å². The van der Waals surface area contributed by atoms with Crippen LogP contribution in [0.2, 0.25) is 0 Å². The summed E-state index contributed by atoms with van der Waals surface area (Å²) in [5, 5.41) is 0. The molecular weight excluding hydrogens is 250 g/mol. The molecule has 0 aromatic heterocycles. The van der Waals surface area contributed by atoms with Gasteiger partial charge in [-0.25, -0.2) is 8.78 Å². The highest BCUT2D eigenvalue weighted by molar-refractivity contribution is 5.21. The zero-order chi connectivity index (χ0) is 13.5. The summed E-state index contributed by atoms with van der Waals surface area (Å²) in [4.78, 5) is 2.13. The second kappa shape index (κ2) is 4.51. The first kappa shape index (κ1) is 13.0. The van der Waals surface area contributed by atoms with Gasteiger partial charge in [-0.1, -0.05) is 30.3 Å². The number of hydrogen-bond acceptors (Lipinski definition) is 3. The summed E-state index contributed by atoms with van der Waals surface area (Å²) in [5.74, 6) is -2.77. The number of halogens is 2. The van der Waals surface area contributed by atoms with Gasteiger partial charge in [-0.2, -0.15) is 0 Å². The monoisotopic (exact) mass is 268 g/mol. The lowest BCUT2D eigenvalue weighted by Crippen LogP contribution is -2.54. The van der Waals surface area contributed by atoms with Crippen LogP contribution in [0, 0.1) is 0 Å². The lowest BCUT2D eigenvalue weighted by molar-refractivity contribution is -0.0705. The van der Waals surface area contributed by atoms with Crippen molar-refractivity contribution in [3.05, 3.63) is 35.9 Å². The molecule has 1 heterocycles. The van der Waals surface area contributed by atoms with Gasteiger partial charge < -0.3 is 10.5 Å². The first-order chi connectivity index (χ1) is 9.01. The Morgan fingerprint density at radius 2 is 2.00 bits per heavy atom. The third-order valence-corrected chi connectivity index (χ3v) is 4.04. The molecule has 3 rings (SSSR count). The SMILES string of the molecule is NC1(C2CN(Cc3ccccc3)CCO2)CC1(F)F. The Morgan fingerprint density at radius 3 is 2.63 bits per heavy atom. The van der Waals surface area contributed by atoms with Gasteiger partial charge in [0.25, 0.3) is 5.92 Å². The van der Waals surface area contributed by atoms with Crippen molar-refractivity contribution in [1.82, 2.24) is 4.90 Å². The maximum atomic E-state index is 13.3. The largest absolute Gasteiger partial charge is 0.373 e. The molecule has 1 aliphatic heterocycles. The first-order valence-corrected chi connectivity index (χ1v) is 6.56. The van der Waals surface area contributed by atoms with Crippen LogP contribution in [0.15, 0.2) is 30.3 Å². The van der Waals surface area contributed by atoms with E-state index in [2.05, 4.69) is 4.90 Å². The van der Waals surface area contributed by atoms with E-state index in [1.807, 2.05) is 30.3 Å². The molecule has 3 nitrogen and oxygen atoms in total. The molecule has 0 amide bonds. The van der Waals surface area contributed by atoms with Gasteiger partial charge in [0.05, 0.1) is 12.7 Å². The minimum Gasteiger partial charge on any atom is -0.373 e. The summed E-state index contributed by atoms with van der Waals surface area (Å²) in [7, 11) is 0. The van der Waals surface area contributed by atoms with E-state index >= 15 is 0 Å². The topological polar surface area (TPSA) is 38.5 Å². The molecule has 0 spiro atoms. The third kappa shape index (κ3) is 2.38. The Morgan fingerprint density at radius 1 is 1.32 bits per heavy atom. The van der Waals surface area contributed by atoms with Crippen LogP contribution >= 0.6 is 0 Å². The summed E-state index contributed by atoms with van der Waals surface area (Å²) in [6, 6.07) is 9.99. The number of hydrogen-bond donors (Lipinski definition) is 1. The van der Waals surface area contributed by atoms with Crippen molar-refractivity contribution >= 4 is 0 Å². The minimum atomic E-state index is -2.77. The molecular formula is C14H18F2N2O. The zero-order valence-electron chi connectivity index (χ0n) is 10.7. The van der Waals surface area contributed by atoms with Gasteiger partial charge in [0.15, 0.2) is 0 Å². The lowest BCUT2D eigenvalue weighted by Gasteiger charge is -2.36. The summed E-state index contributed by atoms with van der Waals surface area (Å²) in [6.07, 6.45) is -0.830. The van der Waals surface area contributed by atoms with Crippen molar-refractivity contribution in [1.29, 1.82) is 0 Å². The van der Waals surface area contributed by atoms with Crippen LogP contribution < -0.4 is 5.73 Å². The molecule has 19 heavy (non-hydrogen) atoms. The fourth-order valence-corrected chi connectivity index (χ4v) is 2.67. The van der Waals surface area contributed by atoms with E-state index in [4.69, 9.17) is 10.5 Å². The van der Waals surface area contributed by atoms with Crippen molar-refractivity contribution < 1.29 is 13.5 Å². The number of alkyl halides is 2. The van der Waals surface area contributed by atoms with E-state index in [-0.39, 0.29) is 6.42 Å². The van der Waals surface area contributed by atoms with Gasteiger partial charge >= 0.3 is 0 Å². The van der Waals surface area contributed by atoms with Crippen molar-refractivity contribution in [3.63, 3.8) is 0 Å². The number of benzene rings is 1. The molecule has 1 aliphatic carbocycles. The Kier molecular flexibility index (Phi) is 3.08. The van der Waals surface area contributed by atoms with Crippen LogP contribution in [0.1, 0.15) is 12.0 Å². The molecule has 1 saturated heterocycles. The molecule has 0 bridgehead atoms. The van der Waals surface area contributed by atoms with Gasteiger partial charge in [0.2, 0.25) is 0 Å². The fourth-order valence-electron chi connectivity index (χ4n) is 2.67. The molecule has 5 heteroatoms. The molecule has 2 atom stereocenters. The van der Waals surface area contributed by atoms with Crippen LogP contribution in [-0.2, 0) is 11.3 Å². The number of nitrogens with zero attached hydrogens (tertiary/aromatic N) is 1. The molecule has 0 radical (unpaired) electrons. The standard InChI is InChI=1S/C14H18F2N2O/c15-14(16)10-13(14,17)12-9-18(6-7-19-12)8-11-4-2-1-3-5-11/h1-5,12H,6-10,17H2. The molecule has 2 N–H and O–H groups in total. The average Bonchev–Trinajstić information content (AvgIpc) is 2.92. The second-order valence-electron chi connectivity index (χ2n) is 5.50. The van der Waals surface area contributed by atoms with Gasteiger partial charge in [0, 0.05) is 26.1 Å². The van der Waals surface area contributed by atoms with Crippen molar-refractivity contribution in [2.75, 3.05) is 19.7 Å². The van der Waals surface area contributed by atoms with E-state index in [0.29, 0.717) is 13.2 Å². The zero-order valence-corrected chi connectivity index (χ0v) is 10.7. The molecule has 104 valence electrons. The summed E-state index contributed by atoms with van der Waals surface area (Å²) >= 11 is 0. The highest BCUT2D eigenvalue weighted by atomic mass is 19.3. The Labute approximate surface area is 111 Å². The maximum Gasteiger partial charge on any atom is 0.270 e. The predicted molar refractivity (Wildman–Crippen MR) is 67.9 cm³/mol. The van der Waals surface area contributed by atoms with Crippen molar-refractivity contribution in [2.24, 2.45) is 5.73 Å². The summed E-state index contributed by atoms with van der Waals surface area (Å²) < 4.78 is 32.1. The minimum absolute atomic E-state index is 0.260.